The fourth-order valence-corrected chi connectivity index (χ4v) is 3.83. The summed E-state index contributed by atoms with van der Waals surface area (Å²) in [4.78, 5) is 19.6. The summed E-state index contributed by atoms with van der Waals surface area (Å²) in [5.74, 6) is 1.21. The lowest BCUT2D eigenvalue weighted by molar-refractivity contribution is 0.0835. The van der Waals surface area contributed by atoms with E-state index < -0.39 is 0 Å². The van der Waals surface area contributed by atoms with Crippen LogP contribution < -0.4 is 10.9 Å². The molecule has 2 aliphatic heterocycles. The number of nitrogens with zero attached hydrogens (tertiary/aromatic N) is 4. The molecule has 0 aliphatic carbocycles. The third-order valence-corrected chi connectivity index (χ3v) is 5.18. The summed E-state index contributed by atoms with van der Waals surface area (Å²) < 4.78 is 12.8. The van der Waals surface area contributed by atoms with Crippen LogP contribution in [0.1, 0.15) is 49.3 Å². The van der Waals surface area contributed by atoms with Crippen molar-refractivity contribution in [3.63, 3.8) is 0 Å². The van der Waals surface area contributed by atoms with Gasteiger partial charge in [-0.2, -0.15) is 10.1 Å². The third kappa shape index (κ3) is 2.63. The first-order valence-corrected chi connectivity index (χ1v) is 9.07. The predicted molar refractivity (Wildman–Crippen MR) is 91.9 cm³/mol. The number of hydrogen-bond donors (Lipinski definition) is 2. The maximum Gasteiger partial charge on any atom is 0.256 e. The second-order valence-electron chi connectivity index (χ2n) is 6.86. The van der Waals surface area contributed by atoms with E-state index in [4.69, 9.17) is 9.26 Å². The Kier molecular flexibility index (Phi) is 3.83. The number of ether oxygens (including phenoxy) is 1. The Balaban J connectivity index is 1.57. The fourth-order valence-electron chi connectivity index (χ4n) is 3.83. The van der Waals surface area contributed by atoms with Gasteiger partial charge in [0.15, 0.2) is 0 Å². The number of hydrogen-bond acceptors (Lipinski definition) is 7. The molecule has 5 rings (SSSR count). The van der Waals surface area contributed by atoms with E-state index in [0.29, 0.717) is 35.5 Å². The first-order valence-electron chi connectivity index (χ1n) is 9.07. The molecule has 3 aromatic rings. The number of rotatable bonds is 3. The van der Waals surface area contributed by atoms with Crippen LogP contribution in [0.15, 0.2) is 21.6 Å². The van der Waals surface area contributed by atoms with Gasteiger partial charge in [-0.3, -0.25) is 4.79 Å². The second-order valence-corrected chi connectivity index (χ2v) is 6.86. The lowest BCUT2D eigenvalue weighted by Gasteiger charge is -2.23. The van der Waals surface area contributed by atoms with Crippen molar-refractivity contribution in [1.82, 2.24) is 30.1 Å². The van der Waals surface area contributed by atoms with E-state index in [-0.39, 0.29) is 11.7 Å². The van der Waals surface area contributed by atoms with Gasteiger partial charge in [0.1, 0.15) is 11.8 Å². The van der Waals surface area contributed by atoms with Gasteiger partial charge in [-0.15, -0.1) is 0 Å². The summed E-state index contributed by atoms with van der Waals surface area (Å²) in [6, 6.07) is 1.65. The molecule has 2 N–H and O–H groups in total. The maximum atomic E-state index is 12.2. The van der Waals surface area contributed by atoms with Crippen LogP contribution in [0.4, 0.5) is 0 Å². The topological polar surface area (TPSA) is 110 Å². The van der Waals surface area contributed by atoms with E-state index in [1.54, 1.807) is 16.8 Å². The molecule has 3 aromatic heterocycles. The maximum absolute atomic E-state index is 12.2. The molecule has 0 aromatic carbocycles. The highest BCUT2D eigenvalue weighted by Crippen LogP contribution is 2.30. The average Bonchev–Trinajstić information content (AvgIpc) is 3.41. The standard InChI is InChI=1S/C17H20N6O3/c24-14-8-12(10-3-5-18-6-4-10)23-16(20-14)11(9-19-23)15-21-17(26-22-15)13-2-1-7-25-13/h8-10,13,18H,1-7H2,(H,20,24). The Hall–Kier alpha value is -2.52. The molecule has 0 bridgehead atoms. The highest BCUT2D eigenvalue weighted by atomic mass is 16.5. The number of fused-ring (bicyclic) bond motifs is 1. The van der Waals surface area contributed by atoms with Gasteiger partial charge in [-0.05, 0) is 38.8 Å². The summed E-state index contributed by atoms with van der Waals surface area (Å²) in [6.07, 6.45) is 5.39. The molecular weight excluding hydrogens is 336 g/mol. The quantitative estimate of drug-likeness (QED) is 0.729. The van der Waals surface area contributed by atoms with Crippen molar-refractivity contribution in [3.05, 3.63) is 34.2 Å². The summed E-state index contributed by atoms with van der Waals surface area (Å²) in [5, 5.41) is 11.9. The van der Waals surface area contributed by atoms with E-state index >= 15 is 0 Å². The molecule has 1 atom stereocenters. The van der Waals surface area contributed by atoms with Crippen molar-refractivity contribution < 1.29 is 9.26 Å². The van der Waals surface area contributed by atoms with Gasteiger partial charge < -0.3 is 19.6 Å². The summed E-state index contributed by atoms with van der Waals surface area (Å²) in [7, 11) is 0. The van der Waals surface area contributed by atoms with Gasteiger partial charge in [-0.25, -0.2) is 4.52 Å². The Labute approximate surface area is 148 Å². The summed E-state index contributed by atoms with van der Waals surface area (Å²) in [6.45, 7) is 2.61. The zero-order valence-electron chi connectivity index (χ0n) is 14.3. The minimum absolute atomic E-state index is 0.137. The Morgan fingerprint density at radius 3 is 2.92 bits per heavy atom. The molecular formula is C17H20N6O3. The normalized spacial score (nSPS) is 21.6. The Morgan fingerprint density at radius 1 is 1.23 bits per heavy atom. The van der Waals surface area contributed by atoms with Crippen LogP contribution in [0.3, 0.4) is 0 Å². The van der Waals surface area contributed by atoms with Crippen molar-refractivity contribution in [2.24, 2.45) is 0 Å². The zero-order chi connectivity index (χ0) is 17.5. The molecule has 2 fully saturated rings. The van der Waals surface area contributed by atoms with Gasteiger partial charge in [0.25, 0.3) is 11.4 Å². The molecule has 5 heterocycles. The van der Waals surface area contributed by atoms with Gasteiger partial charge in [-0.1, -0.05) is 5.16 Å². The van der Waals surface area contributed by atoms with Gasteiger partial charge in [0, 0.05) is 18.6 Å². The van der Waals surface area contributed by atoms with E-state index in [2.05, 4.69) is 25.5 Å². The number of nitrogens with one attached hydrogen (secondary N) is 2. The number of H-pyrrole nitrogens is 1. The van der Waals surface area contributed by atoms with Crippen molar-refractivity contribution in [1.29, 1.82) is 0 Å². The highest BCUT2D eigenvalue weighted by Gasteiger charge is 2.26. The zero-order valence-corrected chi connectivity index (χ0v) is 14.3. The van der Waals surface area contributed by atoms with Crippen LogP contribution in [0.5, 0.6) is 0 Å². The van der Waals surface area contributed by atoms with Gasteiger partial charge >= 0.3 is 0 Å². The van der Waals surface area contributed by atoms with E-state index in [9.17, 15) is 4.79 Å². The van der Waals surface area contributed by atoms with Gasteiger partial charge in [0.2, 0.25) is 5.82 Å². The molecule has 0 amide bonds. The van der Waals surface area contributed by atoms with E-state index in [1.165, 1.54) is 0 Å². The highest BCUT2D eigenvalue weighted by molar-refractivity contribution is 5.71. The number of aromatic nitrogens is 5. The first-order chi connectivity index (χ1) is 12.8. The fraction of sp³-hybridized carbons (Fsp3) is 0.529. The minimum atomic E-state index is -0.143. The Bertz CT molecular complexity index is 978. The van der Waals surface area contributed by atoms with E-state index in [1.807, 2.05) is 0 Å². The predicted octanol–water partition coefficient (Wildman–Crippen LogP) is 1.39. The largest absolute Gasteiger partial charge is 0.368 e. The first kappa shape index (κ1) is 15.7. The second kappa shape index (κ2) is 6.33. The van der Waals surface area contributed by atoms with Crippen molar-refractivity contribution in [2.75, 3.05) is 19.7 Å². The molecule has 0 saturated carbocycles. The minimum Gasteiger partial charge on any atom is -0.368 e. The monoisotopic (exact) mass is 356 g/mol. The van der Waals surface area contributed by atoms with Gasteiger partial charge in [0.05, 0.1) is 17.5 Å². The van der Waals surface area contributed by atoms with Crippen molar-refractivity contribution in [3.8, 4) is 11.4 Å². The van der Waals surface area contributed by atoms with Crippen LogP contribution in [0, 0.1) is 0 Å². The molecule has 26 heavy (non-hydrogen) atoms. The lowest BCUT2D eigenvalue weighted by atomic mass is 9.94. The van der Waals surface area contributed by atoms with Crippen LogP contribution >= 0.6 is 0 Å². The molecule has 2 saturated heterocycles. The molecule has 136 valence electrons. The number of aromatic amines is 1. The molecule has 9 nitrogen and oxygen atoms in total. The van der Waals surface area contributed by atoms with Crippen molar-refractivity contribution >= 4 is 5.65 Å². The third-order valence-electron chi connectivity index (χ3n) is 5.18. The smallest absolute Gasteiger partial charge is 0.256 e. The summed E-state index contributed by atoms with van der Waals surface area (Å²) >= 11 is 0. The lowest BCUT2D eigenvalue weighted by Crippen LogP contribution is -2.28. The molecule has 9 heteroatoms. The average molecular weight is 356 g/mol. The van der Waals surface area contributed by atoms with E-state index in [0.717, 1.165) is 44.5 Å². The van der Waals surface area contributed by atoms with Crippen molar-refractivity contribution in [2.45, 2.75) is 37.7 Å². The van der Waals surface area contributed by atoms with Crippen LogP contribution in [-0.4, -0.2) is 44.4 Å². The Morgan fingerprint density at radius 2 is 2.12 bits per heavy atom. The van der Waals surface area contributed by atoms with Crippen LogP contribution in [-0.2, 0) is 4.74 Å². The molecule has 0 radical (unpaired) electrons. The van der Waals surface area contributed by atoms with Crippen LogP contribution in [0.2, 0.25) is 0 Å². The molecule has 1 unspecified atom stereocenters. The molecule has 2 aliphatic rings. The SMILES string of the molecule is O=c1cc(C2CCNCC2)n2ncc(-c3noc(C4CCCO4)n3)c2[nH]1. The summed E-state index contributed by atoms with van der Waals surface area (Å²) in [5.41, 5.74) is 2.05. The van der Waals surface area contributed by atoms with Crippen LogP contribution in [0.25, 0.3) is 17.0 Å². The molecule has 0 spiro atoms. The number of piperidine rings is 1.